The van der Waals surface area contributed by atoms with E-state index in [1.54, 1.807) is 27.8 Å². The summed E-state index contributed by atoms with van der Waals surface area (Å²) in [6.07, 6.45) is 4.20. The predicted molar refractivity (Wildman–Crippen MR) is 123 cm³/mol. The van der Waals surface area contributed by atoms with Crippen molar-refractivity contribution in [1.82, 2.24) is 19.6 Å². The molecule has 0 spiro atoms. The van der Waals surface area contributed by atoms with Crippen LogP contribution in [0.15, 0.2) is 77.9 Å². The maximum Gasteiger partial charge on any atom is 0.229 e. The fraction of sp³-hybridized carbons (Fsp3) is 0.200. The third-order valence-corrected chi connectivity index (χ3v) is 5.91. The van der Waals surface area contributed by atoms with Crippen LogP contribution >= 0.6 is 0 Å². The van der Waals surface area contributed by atoms with E-state index in [1.165, 1.54) is 6.07 Å². The molecule has 0 bridgehead atoms. The maximum atomic E-state index is 12.7. The molecule has 0 aliphatic carbocycles. The Labute approximate surface area is 185 Å². The monoisotopic (exact) mass is 425 g/mol. The Kier molecular flexibility index (Phi) is 4.93. The molecule has 7 heteroatoms. The summed E-state index contributed by atoms with van der Waals surface area (Å²) in [5, 5.41) is 9.03. The van der Waals surface area contributed by atoms with Crippen molar-refractivity contribution in [2.24, 2.45) is 5.92 Å². The van der Waals surface area contributed by atoms with Crippen LogP contribution in [0, 0.1) is 12.8 Å². The fourth-order valence-electron chi connectivity index (χ4n) is 4.12. The van der Waals surface area contributed by atoms with Crippen molar-refractivity contribution >= 4 is 11.6 Å². The summed E-state index contributed by atoms with van der Waals surface area (Å²) in [4.78, 5) is 26.9. The Balaban J connectivity index is 1.54. The van der Waals surface area contributed by atoms with Crippen LogP contribution in [0.1, 0.15) is 18.9 Å². The SMILES string of the molecule is Cc1cc(N2CCC(C)C2=O)ccc1-n1ccc(=O)c(-c2ccnn2-c2ccccc2)n1. The highest BCUT2D eigenvalue weighted by Gasteiger charge is 2.29. The summed E-state index contributed by atoms with van der Waals surface area (Å²) in [7, 11) is 0. The quantitative estimate of drug-likeness (QED) is 0.499. The third kappa shape index (κ3) is 3.41. The van der Waals surface area contributed by atoms with Gasteiger partial charge in [0.25, 0.3) is 0 Å². The van der Waals surface area contributed by atoms with Crippen molar-refractivity contribution < 1.29 is 4.79 Å². The highest BCUT2D eigenvalue weighted by molar-refractivity contribution is 5.97. The first-order valence-corrected chi connectivity index (χ1v) is 10.6. The standard InChI is InChI=1S/C25H23N5O2/c1-17-11-14-28(25(17)32)20-8-9-21(18(2)16-20)29-15-12-23(31)24(27-29)22-10-13-26-30(22)19-6-4-3-5-7-19/h3-10,12-13,15-17H,11,14H2,1-2H3. The van der Waals surface area contributed by atoms with Gasteiger partial charge in [-0.2, -0.15) is 10.2 Å². The summed E-state index contributed by atoms with van der Waals surface area (Å²) >= 11 is 0. The van der Waals surface area contributed by atoms with E-state index in [2.05, 4.69) is 10.2 Å². The van der Waals surface area contributed by atoms with E-state index in [1.807, 2.05) is 67.3 Å². The maximum absolute atomic E-state index is 12.7. The van der Waals surface area contributed by atoms with Gasteiger partial charge in [-0.3, -0.25) is 9.59 Å². The molecule has 0 N–H and O–H groups in total. The number of hydrogen-bond donors (Lipinski definition) is 0. The van der Waals surface area contributed by atoms with E-state index < -0.39 is 0 Å². The molecule has 3 heterocycles. The fourth-order valence-corrected chi connectivity index (χ4v) is 4.12. The molecular weight excluding hydrogens is 402 g/mol. The van der Waals surface area contributed by atoms with Gasteiger partial charge in [-0.1, -0.05) is 25.1 Å². The van der Waals surface area contributed by atoms with Crippen LogP contribution in [-0.4, -0.2) is 32.0 Å². The van der Waals surface area contributed by atoms with E-state index >= 15 is 0 Å². The first kappa shape index (κ1) is 19.9. The molecule has 7 nitrogen and oxygen atoms in total. The molecule has 0 saturated carbocycles. The lowest BCUT2D eigenvalue weighted by Crippen LogP contribution is -2.26. The molecule has 2 aromatic carbocycles. The molecule has 1 aliphatic heterocycles. The summed E-state index contributed by atoms with van der Waals surface area (Å²) in [6.45, 7) is 4.69. The van der Waals surface area contributed by atoms with Crippen LogP contribution in [0.5, 0.6) is 0 Å². The van der Waals surface area contributed by atoms with Crippen molar-refractivity contribution in [1.29, 1.82) is 0 Å². The number of aryl methyl sites for hydroxylation is 1. The summed E-state index contributed by atoms with van der Waals surface area (Å²) in [6, 6.07) is 18.8. The van der Waals surface area contributed by atoms with Crippen molar-refractivity contribution in [3.63, 3.8) is 0 Å². The van der Waals surface area contributed by atoms with Crippen molar-refractivity contribution in [2.45, 2.75) is 20.3 Å². The van der Waals surface area contributed by atoms with Crippen LogP contribution < -0.4 is 10.3 Å². The van der Waals surface area contributed by atoms with E-state index in [0.717, 1.165) is 35.6 Å². The molecule has 1 unspecified atom stereocenters. The van der Waals surface area contributed by atoms with Crippen LogP contribution in [0.25, 0.3) is 22.8 Å². The molecule has 4 aromatic rings. The summed E-state index contributed by atoms with van der Waals surface area (Å²) in [5.41, 5.74) is 4.33. The van der Waals surface area contributed by atoms with Crippen molar-refractivity contribution in [3.05, 3.63) is 88.8 Å². The molecule has 0 radical (unpaired) electrons. The Hall–Kier alpha value is -4.00. The Bertz CT molecular complexity index is 1360. The van der Waals surface area contributed by atoms with Gasteiger partial charge in [0.1, 0.15) is 0 Å². The van der Waals surface area contributed by atoms with E-state index in [4.69, 9.17) is 0 Å². The number of benzene rings is 2. The minimum atomic E-state index is -0.176. The number of nitrogens with zero attached hydrogens (tertiary/aromatic N) is 5. The summed E-state index contributed by atoms with van der Waals surface area (Å²) < 4.78 is 3.41. The predicted octanol–water partition coefficient (Wildman–Crippen LogP) is 3.77. The second-order valence-electron chi connectivity index (χ2n) is 8.09. The molecule has 160 valence electrons. The lowest BCUT2D eigenvalue weighted by molar-refractivity contribution is -0.119. The lowest BCUT2D eigenvalue weighted by atomic mass is 10.1. The van der Waals surface area contributed by atoms with Gasteiger partial charge in [0, 0.05) is 30.4 Å². The van der Waals surface area contributed by atoms with Crippen molar-refractivity contribution in [2.75, 3.05) is 11.4 Å². The number of rotatable bonds is 4. The van der Waals surface area contributed by atoms with Crippen molar-refractivity contribution in [3.8, 4) is 22.8 Å². The molecule has 1 aliphatic rings. The lowest BCUT2D eigenvalue weighted by Gasteiger charge is -2.18. The molecule has 32 heavy (non-hydrogen) atoms. The average Bonchev–Trinajstić information content (AvgIpc) is 3.42. The van der Waals surface area contributed by atoms with Crippen LogP contribution in [-0.2, 0) is 4.79 Å². The number of carbonyl (C=O) groups is 1. The molecule has 5 rings (SSSR count). The minimum Gasteiger partial charge on any atom is -0.312 e. The molecule has 1 amide bonds. The molecular formula is C25H23N5O2. The number of aromatic nitrogens is 4. The van der Waals surface area contributed by atoms with Crippen LogP contribution in [0.3, 0.4) is 0 Å². The zero-order valence-corrected chi connectivity index (χ0v) is 18.0. The van der Waals surface area contributed by atoms with Gasteiger partial charge < -0.3 is 4.90 Å². The molecule has 1 saturated heterocycles. The van der Waals surface area contributed by atoms with Gasteiger partial charge in [-0.15, -0.1) is 0 Å². The van der Waals surface area contributed by atoms with Gasteiger partial charge >= 0.3 is 0 Å². The van der Waals surface area contributed by atoms with E-state index in [0.29, 0.717) is 11.4 Å². The highest BCUT2D eigenvalue weighted by atomic mass is 16.2. The van der Waals surface area contributed by atoms with E-state index in [9.17, 15) is 9.59 Å². The zero-order valence-electron chi connectivity index (χ0n) is 18.0. The van der Waals surface area contributed by atoms with Gasteiger partial charge in [-0.05, 0) is 55.3 Å². The minimum absolute atomic E-state index is 0.0626. The number of carbonyl (C=O) groups excluding carboxylic acids is 1. The van der Waals surface area contributed by atoms with E-state index in [-0.39, 0.29) is 17.3 Å². The van der Waals surface area contributed by atoms with Gasteiger partial charge in [0.2, 0.25) is 11.3 Å². The number of anilines is 1. The molecule has 1 atom stereocenters. The Morgan fingerprint density at radius 3 is 2.50 bits per heavy atom. The molecule has 1 fully saturated rings. The number of amides is 1. The van der Waals surface area contributed by atoms with Gasteiger partial charge in [0.05, 0.1) is 23.3 Å². The smallest absolute Gasteiger partial charge is 0.229 e. The zero-order chi connectivity index (χ0) is 22.2. The highest BCUT2D eigenvalue weighted by Crippen LogP contribution is 2.28. The Morgan fingerprint density at radius 1 is 0.969 bits per heavy atom. The van der Waals surface area contributed by atoms with Crippen LogP contribution in [0.2, 0.25) is 0 Å². The average molecular weight is 425 g/mol. The van der Waals surface area contributed by atoms with Gasteiger partial charge in [-0.25, -0.2) is 9.36 Å². The van der Waals surface area contributed by atoms with Crippen LogP contribution in [0.4, 0.5) is 5.69 Å². The third-order valence-electron chi connectivity index (χ3n) is 5.91. The second kappa shape index (κ2) is 7.92. The first-order chi connectivity index (χ1) is 15.5. The second-order valence-corrected chi connectivity index (χ2v) is 8.09. The normalized spacial score (nSPS) is 16.0. The molecule has 2 aromatic heterocycles. The topological polar surface area (TPSA) is 73.0 Å². The first-order valence-electron chi connectivity index (χ1n) is 10.6. The Morgan fingerprint density at radius 2 is 1.78 bits per heavy atom. The largest absolute Gasteiger partial charge is 0.312 e. The summed E-state index contributed by atoms with van der Waals surface area (Å²) in [5.74, 6) is 0.225. The van der Waals surface area contributed by atoms with Gasteiger partial charge in [0.15, 0.2) is 5.69 Å². The number of para-hydroxylation sites is 1. The number of hydrogen-bond acceptors (Lipinski definition) is 4.